The fourth-order valence-corrected chi connectivity index (χ4v) is 2.00. The van der Waals surface area contributed by atoms with E-state index in [4.69, 9.17) is 10.9 Å². The molecule has 1 atom stereocenters. The molecule has 0 saturated carbocycles. The molecule has 1 unspecified atom stereocenters. The van der Waals surface area contributed by atoms with Crippen molar-refractivity contribution in [3.05, 3.63) is 23.4 Å². The fourth-order valence-electron chi connectivity index (χ4n) is 2.00. The van der Waals surface area contributed by atoms with Gasteiger partial charge in [0.05, 0.1) is 0 Å². The predicted molar refractivity (Wildman–Crippen MR) is 85.1 cm³/mol. The number of fused-ring (bicyclic) bond motifs is 1. The molecular formula is C12H25N6P. The second kappa shape index (κ2) is 8.67. The number of rotatable bonds is 4. The van der Waals surface area contributed by atoms with Crippen LogP contribution in [0.4, 0.5) is 5.82 Å². The van der Waals surface area contributed by atoms with Gasteiger partial charge >= 0.3 is 0 Å². The van der Waals surface area contributed by atoms with E-state index in [0.717, 1.165) is 37.3 Å². The van der Waals surface area contributed by atoms with Gasteiger partial charge in [-0.25, -0.2) is 10.5 Å². The summed E-state index contributed by atoms with van der Waals surface area (Å²) in [5.41, 5.74) is 9.04. The largest absolute Gasteiger partial charge is 0.370 e. The Bertz CT molecular complexity index is 440. The van der Waals surface area contributed by atoms with Crippen molar-refractivity contribution in [2.75, 3.05) is 11.9 Å². The minimum absolute atomic E-state index is 0. The van der Waals surface area contributed by atoms with Gasteiger partial charge in [0.15, 0.2) is 0 Å². The molecule has 0 radical (unpaired) electrons. The van der Waals surface area contributed by atoms with Crippen LogP contribution in [-0.2, 0) is 12.8 Å². The van der Waals surface area contributed by atoms with Gasteiger partial charge in [0, 0.05) is 20.1 Å². The molecule has 0 spiro atoms. The molecule has 0 saturated heterocycles. The first kappa shape index (κ1) is 17.6. The Hall–Kier alpha value is -1.39. The zero-order valence-corrected chi connectivity index (χ0v) is 12.6. The molecule has 1 aromatic heterocycles. The summed E-state index contributed by atoms with van der Waals surface area (Å²) in [7, 11) is 0. The average molecular weight is 284 g/mol. The zero-order valence-electron chi connectivity index (χ0n) is 11.2. The molecule has 0 fully saturated rings. The lowest BCUT2D eigenvalue weighted by molar-refractivity contribution is 0.791. The smallest absolute Gasteiger partial charge is 0.142 e. The van der Waals surface area contributed by atoms with Crippen LogP contribution in [0.15, 0.2) is 17.2 Å². The summed E-state index contributed by atoms with van der Waals surface area (Å²) in [4.78, 5) is 4.58. The second-order valence-electron chi connectivity index (χ2n) is 4.25. The van der Waals surface area contributed by atoms with Gasteiger partial charge in [0.2, 0.25) is 0 Å². The van der Waals surface area contributed by atoms with E-state index in [-0.39, 0.29) is 23.3 Å². The van der Waals surface area contributed by atoms with Gasteiger partial charge in [0.25, 0.3) is 0 Å². The highest BCUT2D eigenvalue weighted by atomic mass is 31.0. The summed E-state index contributed by atoms with van der Waals surface area (Å²) in [5, 5.41) is 13.7. The Kier molecular flexibility index (Phi) is 8.03. The van der Waals surface area contributed by atoms with Crippen molar-refractivity contribution in [3.63, 3.8) is 0 Å². The monoisotopic (exact) mass is 284 g/mol. The van der Waals surface area contributed by atoms with E-state index in [2.05, 4.69) is 27.5 Å². The van der Waals surface area contributed by atoms with E-state index in [0.29, 0.717) is 6.42 Å². The number of hydrogen-bond donors (Lipinski definition) is 4. The summed E-state index contributed by atoms with van der Waals surface area (Å²) in [6.07, 6.45) is 4.50. The summed E-state index contributed by atoms with van der Waals surface area (Å²) in [5.74, 6) is 1.16. The maximum absolute atomic E-state index is 7.27. The van der Waals surface area contributed by atoms with Gasteiger partial charge in [-0.3, -0.25) is 5.41 Å². The molecule has 0 bridgehead atoms. The van der Waals surface area contributed by atoms with Gasteiger partial charge in [-0.15, -0.1) is 5.11 Å². The van der Waals surface area contributed by atoms with Gasteiger partial charge in [-0.1, -0.05) is 6.07 Å². The van der Waals surface area contributed by atoms with Crippen molar-refractivity contribution >= 4 is 21.6 Å². The van der Waals surface area contributed by atoms with Crippen molar-refractivity contribution in [2.45, 2.75) is 32.1 Å². The molecule has 2 rings (SSSR count). The maximum Gasteiger partial charge on any atom is 0.142 e. The molecule has 108 valence electrons. The summed E-state index contributed by atoms with van der Waals surface area (Å²) in [6.45, 7) is 1.01. The maximum atomic E-state index is 7.27. The van der Waals surface area contributed by atoms with Crippen LogP contribution in [0.3, 0.4) is 0 Å². The van der Waals surface area contributed by atoms with Crippen LogP contribution in [0, 0.1) is 10.9 Å². The Balaban J connectivity index is 0. The number of aryl methyl sites for hydroxylation is 2. The quantitative estimate of drug-likeness (QED) is 0.294. The molecule has 1 aromatic rings. The molecule has 0 aromatic carbocycles. The first-order valence-corrected chi connectivity index (χ1v) is 5.97. The highest BCUT2D eigenvalue weighted by molar-refractivity contribution is 6.92. The topological polar surface area (TPSA) is 120 Å². The van der Waals surface area contributed by atoms with E-state index in [9.17, 15) is 0 Å². The predicted octanol–water partition coefficient (Wildman–Crippen LogP) is 3.24. The highest BCUT2D eigenvalue weighted by Gasteiger charge is 2.10. The third kappa shape index (κ3) is 5.01. The van der Waals surface area contributed by atoms with E-state index in [1.807, 2.05) is 0 Å². The third-order valence-corrected chi connectivity index (χ3v) is 2.93. The number of pyridine rings is 1. The van der Waals surface area contributed by atoms with Crippen molar-refractivity contribution in [3.8, 4) is 0 Å². The number of nitrogens with one attached hydrogen (secondary N) is 3. The van der Waals surface area contributed by atoms with Gasteiger partial charge in [-0.05, 0) is 37.3 Å². The lowest BCUT2D eigenvalue weighted by atomic mass is 10.1. The van der Waals surface area contributed by atoms with E-state index in [1.165, 1.54) is 12.0 Å². The normalized spacial score (nSPS) is 12.2. The number of hydrogen-bond acceptors (Lipinski definition) is 5. The first-order chi connectivity index (χ1) is 8.29. The molecule has 2 heterocycles. The molecule has 6 N–H and O–H groups in total. The van der Waals surface area contributed by atoms with Crippen molar-refractivity contribution in [2.24, 2.45) is 5.11 Å². The van der Waals surface area contributed by atoms with Crippen LogP contribution in [0.25, 0.3) is 0 Å². The van der Waals surface area contributed by atoms with E-state index < -0.39 is 0 Å². The third-order valence-electron chi connectivity index (χ3n) is 2.93. The van der Waals surface area contributed by atoms with Crippen LogP contribution in [0.1, 0.15) is 31.9 Å². The van der Waals surface area contributed by atoms with Crippen molar-refractivity contribution in [1.29, 1.82) is 10.9 Å². The minimum Gasteiger partial charge on any atom is -0.370 e. The zero-order chi connectivity index (χ0) is 12.1. The van der Waals surface area contributed by atoms with Crippen molar-refractivity contribution in [1.82, 2.24) is 11.1 Å². The number of anilines is 1. The Morgan fingerprint density at radius 1 is 1.47 bits per heavy atom. The van der Waals surface area contributed by atoms with Crippen LogP contribution in [-0.4, -0.2) is 17.4 Å². The SMILES string of the molecule is N.N=NC(=N)CCCc1ccc2c(n1)NCCC2.P.[HH]. The summed E-state index contributed by atoms with van der Waals surface area (Å²) in [6, 6.07) is 4.21. The Labute approximate surface area is 118 Å². The van der Waals surface area contributed by atoms with Gasteiger partial charge in [-0.2, -0.15) is 9.90 Å². The first-order valence-electron chi connectivity index (χ1n) is 5.97. The van der Waals surface area contributed by atoms with Gasteiger partial charge < -0.3 is 11.5 Å². The highest BCUT2D eigenvalue weighted by Crippen LogP contribution is 2.20. The Morgan fingerprint density at radius 2 is 2.26 bits per heavy atom. The molecule has 19 heavy (non-hydrogen) atoms. The van der Waals surface area contributed by atoms with Crippen LogP contribution in [0.5, 0.6) is 0 Å². The van der Waals surface area contributed by atoms with Crippen LogP contribution < -0.4 is 11.5 Å². The van der Waals surface area contributed by atoms with Crippen LogP contribution >= 0.6 is 9.90 Å². The van der Waals surface area contributed by atoms with Crippen LogP contribution in [0.2, 0.25) is 0 Å². The molecule has 1 aliphatic heterocycles. The Morgan fingerprint density at radius 3 is 3.00 bits per heavy atom. The molecule has 0 amide bonds. The fraction of sp³-hybridized carbons (Fsp3) is 0.500. The van der Waals surface area contributed by atoms with E-state index >= 15 is 0 Å². The molecule has 6 nitrogen and oxygen atoms in total. The number of aromatic nitrogens is 1. The minimum atomic E-state index is 0. The summed E-state index contributed by atoms with van der Waals surface area (Å²) < 4.78 is 0. The lowest BCUT2D eigenvalue weighted by Crippen LogP contribution is -2.14. The standard InChI is InChI=1S/C12H17N5.H3N.H3P.H2/c13-11(17-14)5-1-4-10-7-6-9-3-2-8-15-12(9)16-10;;;/h6-7,13-14H,1-5,8H2,(H,15,16);2*1H3;1H. The lowest BCUT2D eigenvalue weighted by Gasteiger charge is -2.17. The molecular weight excluding hydrogens is 259 g/mol. The summed E-state index contributed by atoms with van der Waals surface area (Å²) >= 11 is 0. The molecule has 0 aliphatic carbocycles. The van der Waals surface area contributed by atoms with E-state index in [1.54, 1.807) is 0 Å². The molecule has 1 aliphatic rings. The number of nitrogens with zero attached hydrogens (tertiary/aromatic N) is 2. The number of amidine groups is 1. The molecule has 7 heteroatoms. The van der Waals surface area contributed by atoms with Gasteiger partial charge in [0.1, 0.15) is 11.7 Å². The average Bonchev–Trinajstić information content (AvgIpc) is 2.38. The second-order valence-corrected chi connectivity index (χ2v) is 4.25. The van der Waals surface area contributed by atoms with Crippen molar-refractivity contribution < 1.29 is 1.43 Å².